The second-order valence-corrected chi connectivity index (χ2v) is 9.33. The summed E-state index contributed by atoms with van der Waals surface area (Å²) in [5.74, 6) is 0. The topological polar surface area (TPSA) is 55.2 Å². The maximum Gasteiger partial charge on any atom is 0.252 e. The van der Waals surface area contributed by atoms with E-state index in [-0.39, 0.29) is 5.54 Å². The zero-order valence-corrected chi connectivity index (χ0v) is 14.0. The molecule has 0 bridgehead atoms. The first kappa shape index (κ1) is 14.7. The molecule has 3 heterocycles. The number of aromatic nitrogens is 2. The number of fused-ring (bicyclic) bond motifs is 1. The molecule has 114 valence electrons. The number of rotatable bonds is 2. The van der Waals surface area contributed by atoms with Gasteiger partial charge in [0.15, 0.2) is 0 Å². The van der Waals surface area contributed by atoms with Crippen molar-refractivity contribution >= 4 is 21.4 Å². The maximum absolute atomic E-state index is 12.6. The minimum atomic E-state index is -3.37. The molecule has 1 aliphatic heterocycles. The highest BCUT2D eigenvalue weighted by Crippen LogP contribution is 2.29. The Morgan fingerprint density at radius 3 is 2.71 bits per heavy atom. The minimum absolute atomic E-state index is 0.0810. The Morgan fingerprint density at radius 2 is 2.10 bits per heavy atom. The van der Waals surface area contributed by atoms with E-state index in [2.05, 4.69) is 25.9 Å². The fourth-order valence-corrected chi connectivity index (χ4v) is 5.19. The molecule has 5 nitrogen and oxygen atoms in total. The van der Waals surface area contributed by atoms with Gasteiger partial charge in [-0.25, -0.2) is 8.42 Å². The largest absolute Gasteiger partial charge is 0.264 e. The van der Waals surface area contributed by atoms with Gasteiger partial charge in [0.1, 0.15) is 4.21 Å². The van der Waals surface area contributed by atoms with Gasteiger partial charge in [-0.05, 0) is 32.2 Å². The van der Waals surface area contributed by atoms with E-state index in [4.69, 9.17) is 0 Å². The molecule has 1 aliphatic rings. The van der Waals surface area contributed by atoms with Crippen molar-refractivity contribution in [3.05, 3.63) is 35.0 Å². The molecule has 2 aromatic rings. The van der Waals surface area contributed by atoms with E-state index < -0.39 is 10.0 Å². The zero-order chi connectivity index (χ0) is 15.3. The van der Waals surface area contributed by atoms with E-state index in [1.54, 1.807) is 28.0 Å². The van der Waals surface area contributed by atoms with Crippen LogP contribution in [0.1, 0.15) is 32.0 Å². The fraction of sp³-hybridized carbons (Fsp3) is 0.500. The number of thiophene rings is 1. The highest BCUT2D eigenvalue weighted by molar-refractivity contribution is 7.91. The Hall–Kier alpha value is -1.18. The van der Waals surface area contributed by atoms with Crippen molar-refractivity contribution in [3.63, 3.8) is 0 Å². The molecule has 0 atom stereocenters. The van der Waals surface area contributed by atoms with Crippen LogP contribution in [0.5, 0.6) is 0 Å². The van der Waals surface area contributed by atoms with Gasteiger partial charge in [0.2, 0.25) is 0 Å². The maximum atomic E-state index is 12.6. The average molecular weight is 325 g/mol. The molecule has 0 saturated heterocycles. The molecule has 0 amide bonds. The van der Waals surface area contributed by atoms with E-state index in [9.17, 15) is 8.42 Å². The first-order valence-electron chi connectivity index (χ1n) is 6.90. The molecule has 21 heavy (non-hydrogen) atoms. The molecule has 2 aromatic heterocycles. The molecule has 0 fully saturated rings. The van der Waals surface area contributed by atoms with Crippen molar-refractivity contribution in [1.29, 1.82) is 0 Å². The normalized spacial score (nSPS) is 16.9. The van der Waals surface area contributed by atoms with Crippen molar-refractivity contribution in [1.82, 2.24) is 14.1 Å². The molecule has 0 radical (unpaired) electrons. The summed E-state index contributed by atoms with van der Waals surface area (Å²) in [6.07, 6.45) is 2.51. The lowest BCUT2D eigenvalue weighted by Gasteiger charge is -2.29. The summed E-state index contributed by atoms with van der Waals surface area (Å²) < 4.78 is 29.1. The van der Waals surface area contributed by atoms with E-state index in [1.165, 1.54) is 11.3 Å². The van der Waals surface area contributed by atoms with Crippen LogP contribution in [0.4, 0.5) is 0 Å². The molecular weight excluding hydrogens is 306 g/mol. The van der Waals surface area contributed by atoms with Crippen molar-refractivity contribution in [3.8, 4) is 0 Å². The van der Waals surface area contributed by atoms with Crippen LogP contribution in [0, 0.1) is 0 Å². The summed E-state index contributed by atoms with van der Waals surface area (Å²) in [5.41, 5.74) is 2.08. The van der Waals surface area contributed by atoms with Crippen molar-refractivity contribution in [2.24, 2.45) is 0 Å². The standard InChI is InChI=1S/C14H19N3O2S2/c1-14(2,3)17-12-6-7-16(10-11(12)9-15-17)21(18,19)13-5-4-8-20-13/h4-5,8-9H,6-7,10H2,1-3H3. The predicted octanol–water partition coefficient (Wildman–Crippen LogP) is 2.45. The molecule has 0 aliphatic carbocycles. The van der Waals surface area contributed by atoms with Gasteiger partial charge in [0, 0.05) is 30.8 Å². The van der Waals surface area contributed by atoms with E-state index in [0.717, 1.165) is 11.3 Å². The van der Waals surface area contributed by atoms with Gasteiger partial charge < -0.3 is 0 Å². The van der Waals surface area contributed by atoms with Crippen molar-refractivity contribution < 1.29 is 8.42 Å². The summed E-state index contributed by atoms with van der Waals surface area (Å²) in [5, 5.41) is 6.24. The van der Waals surface area contributed by atoms with Crippen LogP contribution in [0.25, 0.3) is 0 Å². The lowest BCUT2D eigenvalue weighted by Crippen LogP contribution is -2.37. The third kappa shape index (κ3) is 2.54. The Kier molecular flexibility index (Phi) is 3.46. The van der Waals surface area contributed by atoms with Gasteiger partial charge in [-0.15, -0.1) is 11.3 Å². The summed E-state index contributed by atoms with van der Waals surface area (Å²) >= 11 is 1.26. The van der Waals surface area contributed by atoms with E-state index >= 15 is 0 Å². The fourth-order valence-electron chi connectivity index (χ4n) is 2.63. The third-order valence-electron chi connectivity index (χ3n) is 3.62. The van der Waals surface area contributed by atoms with Crippen LogP contribution in [-0.4, -0.2) is 29.0 Å². The lowest BCUT2D eigenvalue weighted by atomic mass is 10.1. The number of hydrogen-bond donors (Lipinski definition) is 0. The molecule has 0 aromatic carbocycles. The van der Waals surface area contributed by atoms with Crippen LogP contribution < -0.4 is 0 Å². The predicted molar refractivity (Wildman–Crippen MR) is 82.8 cm³/mol. The quantitative estimate of drug-likeness (QED) is 0.852. The van der Waals surface area contributed by atoms with Gasteiger partial charge in [0.05, 0.1) is 11.7 Å². The van der Waals surface area contributed by atoms with Crippen LogP contribution >= 0.6 is 11.3 Å². The Bertz CT molecular complexity index is 740. The molecule has 7 heteroatoms. The Morgan fingerprint density at radius 1 is 1.33 bits per heavy atom. The highest BCUT2D eigenvalue weighted by Gasteiger charge is 2.32. The molecule has 0 saturated carbocycles. The molecule has 0 spiro atoms. The average Bonchev–Trinajstić information content (AvgIpc) is 3.06. The van der Waals surface area contributed by atoms with Gasteiger partial charge in [-0.3, -0.25) is 4.68 Å². The van der Waals surface area contributed by atoms with Crippen LogP contribution in [0.3, 0.4) is 0 Å². The Balaban J connectivity index is 1.91. The molecule has 0 N–H and O–H groups in total. The summed E-state index contributed by atoms with van der Waals surface area (Å²) in [6, 6.07) is 3.43. The van der Waals surface area contributed by atoms with Gasteiger partial charge in [-0.1, -0.05) is 6.07 Å². The van der Waals surface area contributed by atoms with Crippen LogP contribution in [-0.2, 0) is 28.5 Å². The number of sulfonamides is 1. The smallest absolute Gasteiger partial charge is 0.252 e. The minimum Gasteiger partial charge on any atom is -0.264 e. The first-order valence-corrected chi connectivity index (χ1v) is 9.22. The van der Waals surface area contributed by atoms with Crippen molar-refractivity contribution in [2.75, 3.05) is 6.54 Å². The number of nitrogens with zero attached hydrogens (tertiary/aromatic N) is 3. The molecule has 0 unspecified atom stereocenters. The summed E-state index contributed by atoms with van der Waals surface area (Å²) in [4.78, 5) is 0. The van der Waals surface area contributed by atoms with Gasteiger partial charge in [0.25, 0.3) is 10.0 Å². The van der Waals surface area contributed by atoms with Gasteiger partial charge in [-0.2, -0.15) is 9.40 Å². The second kappa shape index (κ2) is 4.93. The van der Waals surface area contributed by atoms with Crippen LogP contribution in [0.2, 0.25) is 0 Å². The highest BCUT2D eigenvalue weighted by atomic mass is 32.2. The monoisotopic (exact) mass is 325 g/mol. The second-order valence-electron chi connectivity index (χ2n) is 6.22. The zero-order valence-electron chi connectivity index (χ0n) is 12.4. The first-order chi connectivity index (χ1) is 9.80. The van der Waals surface area contributed by atoms with Gasteiger partial charge >= 0.3 is 0 Å². The SMILES string of the molecule is CC(C)(C)n1ncc2c1CCN(S(=O)(=O)c1cccs1)C2. The summed E-state index contributed by atoms with van der Waals surface area (Å²) in [7, 11) is -3.37. The van der Waals surface area contributed by atoms with Crippen molar-refractivity contribution in [2.45, 2.75) is 43.5 Å². The van der Waals surface area contributed by atoms with E-state index in [1.807, 2.05) is 4.68 Å². The third-order valence-corrected chi connectivity index (χ3v) is 6.84. The van der Waals surface area contributed by atoms with Crippen LogP contribution in [0.15, 0.2) is 27.9 Å². The molecule has 3 rings (SSSR count). The van der Waals surface area contributed by atoms with E-state index in [0.29, 0.717) is 23.7 Å². The molecular formula is C14H19N3O2S2. The Labute approximate surface area is 129 Å². The number of hydrogen-bond acceptors (Lipinski definition) is 4. The lowest BCUT2D eigenvalue weighted by molar-refractivity contribution is 0.325. The summed E-state index contributed by atoms with van der Waals surface area (Å²) in [6.45, 7) is 7.24.